The zero-order valence-corrected chi connectivity index (χ0v) is 12.5. The number of hydrogen-bond acceptors (Lipinski definition) is 2. The van der Waals surface area contributed by atoms with Crippen LogP contribution < -0.4 is 4.74 Å². The van der Waals surface area contributed by atoms with E-state index in [2.05, 4.69) is 55.2 Å². The molecule has 1 aromatic carbocycles. The molecule has 0 aliphatic carbocycles. The van der Waals surface area contributed by atoms with E-state index in [0.717, 1.165) is 18.6 Å². The van der Waals surface area contributed by atoms with Crippen molar-refractivity contribution in [1.82, 2.24) is 4.98 Å². The average Bonchev–Trinajstić information content (AvgIpc) is 2.53. The van der Waals surface area contributed by atoms with Crippen LogP contribution in [0.2, 0.25) is 0 Å². The molecule has 0 unspecified atom stereocenters. The van der Waals surface area contributed by atoms with Crippen molar-refractivity contribution in [3.63, 3.8) is 0 Å². The maximum Gasteiger partial charge on any atom is 0.118 e. The molecule has 0 N–H and O–H groups in total. The molecule has 0 saturated carbocycles. The number of methoxy groups -OCH3 is 1. The Labute approximate surface area is 121 Å². The minimum Gasteiger partial charge on any atom is -0.497 e. The zero-order valence-electron chi connectivity index (χ0n) is 12.5. The Morgan fingerprint density at radius 2 is 1.35 bits per heavy atom. The van der Waals surface area contributed by atoms with Gasteiger partial charge in [0.1, 0.15) is 5.75 Å². The lowest BCUT2D eigenvalue weighted by atomic mass is 9.78. The van der Waals surface area contributed by atoms with Crippen molar-refractivity contribution in [2.45, 2.75) is 38.5 Å². The van der Waals surface area contributed by atoms with Crippen LogP contribution in [-0.4, -0.2) is 12.1 Å². The van der Waals surface area contributed by atoms with E-state index in [0.29, 0.717) is 11.8 Å². The van der Waals surface area contributed by atoms with Gasteiger partial charge in [0, 0.05) is 12.4 Å². The summed E-state index contributed by atoms with van der Waals surface area (Å²) in [4.78, 5) is 4.13. The first-order valence-electron chi connectivity index (χ1n) is 7.34. The van der Waals surface area contributed by atoms with Crippen LogP contribution in [0.25, 0.3) is 0 Å². The number of ether oxygens (including phenoxy) is 1. The number of pyridine rings is 1. The standard InChI is InChI=1S/C18H23NO/c1-4-17(14-6-8-16(20-3)9-7-14)18(5-2)15-10-12-19-13-11-15/h6-13,17-18H,4-5H2,1-3H3/t17-,18-/m1/s1. The van der Waals surface area contributed by atoms with Gasteiger partial charge in [-0.2, -0.15) is 0 Å². The second-order valence-electron chi connectivity index (χ2n) is 5.08. The number of hydrogen-bond donors (Lipinski definition) is 0. The van der Waals surface area contributed by atoms with Crippen LogP contribution in [0, 0.1) is 0 Å². The van der Waals surface area contributed by atoms with E-state index < -0.39 is 0 Å². The van der Waals surface area contributed by atoms with Gasteiger partial charge in [-0.3, -0.25) is 4.98 Å². The fourth-order valence-corrected chi connectivity index (χ4v) is 2.97. The lowest BCUT2D eigenvalue weighted by molar-refractivity contribution is 0.414. The van der Waals surface area contributed by atoms with Crippen LogP contribution in [-0.2, 0) is 0 Å². The summed E-state index contributed by atoms with van der Waals surface area (Å²) in [6.07, 6.45) is 6.04. The van der Waals surface area contributed by atoms with Crippen molar-refractivity contribution in [2.24, 2.45) is 0 Å². The maximum atomic E-state index is 5.25. The molecule has 0 aliphatic heterocycles. The lowest BCUT2D eigenvalue weighted by Gasteiger charge is -2.26. The smallest absolute Gasteiger partial charge is 0.118 e. The predicted molar refractivity (Wildman–Crippen MR) is 83.3 cm³/mol. The predicted octanol–water partition coefficient (Wildman–Crippen LogP) is 4.78. The van der Waals surface area contributed by atoms with E-state index in [4.69, 9.17) is 4.74 Å². The highest BCUT2D eigenvalue weighted by molar-refractivity contribution is 5.32. The van der Waals surface area contributed by atoms with Crippen LogP contribution in [0.15, 0.2) is 48.8 Å². The molecular weight excluding hydrogens is 246 g/mol. The number of nitrogens with zero attached hydrogens (tertiary/aromatic N) is 1. The van der Waals surface area contributed by atoms with E-state index in [1.54, 1.807) is 7.11 Å². The molecule has 2 nitrogen and oxygen atoms in total. The van der Waals surface area contributed by atoms with Crippen LogP contribution in [0.5, 0.6) is 5.75 Å². The highest BCUT2D eigenvalue weighted by Gasteiger charge is 2.21. The molecule has 2 aromatic rings. The second kappa shape index (κ2) is 7.09. The molecule has 0 radical (unpaired) electrons. The fourth-order valence-electron chi connectivity index (χ4n) is 2.97. The first-order chi connectivity index (χ1) is 9.80. The van der Waals surface area contributed by atoms with Gasteiger partial charge in [0.15, 0.2) is 0 Å². The summed E-state index contributed by atoms with van der Waals surface area (Å²) < 4.78 is 5.25. The van der Waals surface area contributed by atoms with Gasteiger partial charge in [-0.1, -0.05) is 26.0 Å². The monoisotopic (exact) mass is 269 g/mol. The molecule has 106 valence electrons. The van der Waals surface area contributed by atoms with Gasteiger partial charge >= 0.3 is 0 Å². The van der Waals surface area contributed by atoms with Crippen molar-refractivity contribution >= 4 is 0 Å². The fraction of sp³-hybridized carbons (Fsp3) is 0.389. The molecule has 0 saturated heterocycles. The molecule has 0 aliphatic rings. The molecule has 1 aromatic heterocycles. The van der Waals surface area contributed by atoms with E-state index in [1.165, 1.54) is 11.1 Å². The lowest BCUT2D eigenvalue weighted by Crippen LogP contribution is -2.10. The van der Waals surface area contributed by atoms with Crippen LogP contribution in [0.1, 0.15) is 49.7 Å². The van der Waals surface area contributed by atoms with Crippen molar-refractivity contribution in [3.05, 3.63) is 59.9 Å². The molecule has 1 heterocycles. The third-order valence-electron chi connectivity index (χ3n) is 4.04. The average molecular weight is 269 g/mol. The van der Waals surface area contributed by atoms with E-state index in [9.17, 15) is 0 Å². The van der Waals surface area contributed by atoms with Gasteiger partial charge in [-0.05, 0) is 60.1 Å². The molecule has 2 rings (SSSR count). The first-order valence-corrected chi connectivity index (χ1v) is 7.34. The molecule has 0 amide bonds. The van der Waals surface area contributed by atoms with Crippen molar-refractivity contribution in [1.29, 1.82) is 0 Å². The Kier molecular flexibility index (Phi) is 5.16. The zero-order chi connectivity index (χ0) is 14.4. The Morgan fingerprint density at radius 3 is 1.80 bits per heavy atom. The van der Waals surface area contributed by atoms with E-state index in [-0.39, 0.29) is 0 Å². The Hall–Kier alpha value is -1.83. The van der Waals surface area contributed by atoms with Crippen LogP contribution in [0.3, 0.4) is 0 Å². The summed E-state index contributed by atoms with van der Waals surface area (Å²) in [6.45, 7) is 4.52. The number of aromatic nitrogens is 1. The normalized spacial score (nSPS) is 13.8. The van der Waals surface area contributed by atoms with Crippen molar-refractivity contribution in [3.8, 4) is 5.75 Å². The summed E-state index contributed by atoms with van der Waals surface area (Å²) in [5.74, 6) is 1.99. The van der Waals surface area contributed by atoms with Gasteiger partial charge < -0.3 is 4.74 Å². The maximum absolute atomic E-state index is 5.25. The highest BCUT2D eigenvalue weighted by atomic mass is 16.5. The van der Waals surface area contributed by atoms with E-state index in [1.807, 2.05) is 12.4 Å². The molecular formula is C18H23NO. The molecule has 0 spiro atoms. The molecule has 2 atom stereocenters. The Balaban J connectivity index is 2.29. The molecule has 0 bridgehead atoms. The topological polar surface area (TPSA) is 22.1 Å². The van der Waals surface area contributed by atoms with Crippen LogP contribution >= 0.6 is 0 Å². The van der Waals surface area contributed by atoms with Gasteiger partial charge in [0.25, 0.3) is 0 Å². The van der Waals surface area contributed by atoms with Gasteiger partial charge in [0.2, 0.25) is 0 Å². The van der Waals surface area contributed by atoms with Crippen molar-refractivity contribution < 1.29 is 4.74 Å². The van der Waals surface area contributed by atoms with Crippen LogP contribution in [0.4, 0.5) is 0 Å². The van der Waals surface area contributed by atoms with Gasteiger partial charge in [-0.25, -0.2) is 0 Å². The third kappa shape index (κ3) is 3.19. The summed E-state index contributed by atoms with van der Waals surface area (Å²) in [5, 5.41) is 0. The van der Waals surface area contributed by atoms with Gasteiger partial charge in [-0.15, -0.1) is 0 Å². The molecule has 2 heteroatoms. The highest BCUT2D eigenvalue weighted by Crippen LogP contribution is 2.38. The minimum absolute atomic E-state index is 0.535. The Morgan fingerprint density at radius 1 is 0.850 bits per heavy atom. The number of rotatable bonds is 6. The molecule has 0 fully saturated rings. The first kappa shape index (κ1) is 14.6. The Bertz CT molecular complexity index is 507. The van der Waals surface area contributed by atoms with Gasteiger partial charge in [0.05, 0.1) is 7.11 Å². The summed E-state index contributed by atoms with van der Waals surface area (Å²) >= 11 is 0. The largest absolute Gasteiger partial charge is 0.497 e. The second-order valence-corrected chi connectivity index (χ2v) is 5.08. The number of benzene rings is 1. The van der Waals surface area contributed by atoms with Crippen molar-refractivity contribution in [2.75, 3.05) is 7.11 Å². The summed E-state index contributed by atoms with van der Waals surface area (Å²) in [7, 11) is 1.71. The quantitative estimate of drug-likeness (QED) is 0.753. The summed E-state index contributed by atoms with van der Waals surface area (Å²) in [6, 6.07) is 12.8. The molecule has 20 heavy (non-hydrogen) atoms. The van der Waals surface area contributed by atoms with E-state index >= 15 is 0 Å². The minimum atomic E-state index is 0.535. The third-order valence-corrected chi connectivity index (χ3v) is 4.04. The SMILES string of the molecule is CC[C@H](c1ccncc1)[C@H](CC)c1ccc(OC)cc1. The summed E-state index contributed by atoms with van der Waals surface area (Å²) in [5.41, 5.74) is 2.77.